The van der Waals surface area contributed by atoms with Crippen LogP contribution in [0, 0.1) is 12.7 Å². The van der Waals surface area contributed by atoms with E-state index in [9.17, 15) is 9.18 Å². The molecule has 0 aliphatic carbocycles. The molecule has 1 aromatic carbocycles. The largest absolute Gasteiger partial charge is 0.492 e. The predicted octanol–water partition coefficient (Wildman–Crippen LogP) is 3.16. The lowest BCUT2D eigenvalue weighted by atomic mass is 10.0. The molecule has 0 saturated carbocycles. The van der Waals surface area contributed by atoms with Crippen LogP contribution in [0.5, 0.6) is 5.75 Å². The number of hydrogen-bond acceptors (Lipinski definition) is 3. The fourth-order valence-corrected chi connectivity index (χ4v) is 1.76. The summed E-state index contributed by atoms with van der Waals surface area (Å²) in [6, 6.07) is 6.02. The van der Waals surface area contributed by atoms with E-state index in [1.54, 1.807) is 12.1 Å². The summed E-state index contributed by atoms with van der Waals surface area (Å²) in [5.41, 5.74) is 1.20. The zero-order valence-corrected chi connectivity index (χ0v) is 10.8. The highest BCUT2D eigenvalue weighted by Crippen LogP contribution is 2.18. The molecule has 0 amide bonds. The van der Waals surface area contributed by atoms with Gasteiger partial charge in [-0.25, -0.2) is 4.39 Å². The highest BCUT2D eigenvalue weighted by molar-refractivity contribution is 6.09. The van der Waals surface area contributed by atoms with E-state index in [0.29, 0.717) is 17.9 Å². The van der Waals surface area contributed by atoms with Crippen molar-refractivity contribution < 1.29 is 13.9 Å². The summed E-state index contributed by atoms with van der Waals surface area (Å²) in [4.78, 5) is 16.2. The molecule has 1 aromatic heterocycles. The molecular formula is C15H14FNO2. The molecule has 0 atom stereocenters. The van der Waals surface area contributed by atoms with E-state index in [0.717, 1.165) is 5.56 Å². The van der Waals surface area contributed by atoms with Crippen LogP contribution in [-0.4, -0.2) is 17.4 Å². The summed E-state index contributed by atoms with van der Waals surface area (Å²) in [6.45, 7) is 4.14. The van der Waals surface area contributed by atoms with E-state index in [1.807, 2.05) is 13.8 Å². The van der Waals surface area contributed by atoms with Crippen LogP contribution in [0.1, 0.15) is 28.4 Å². The molecule has 98 valence electrons. The maximum atomic E-state index is 13.7. The summed E-state index contributed by atoms with van der Waals surface area (Å²) in [7, 11) is 0. The summed E-state index contributed by atoms with van der Waals surface area (Å²) >= 11 is 0. The van der Waals surface area contributed by atoms with Gasteiger partial charge in [0.1, 0.15) is 11.6 Å². The minimum absolute atomic E-state index is 0.0513. The Hall–Kier alpha value is -2.23. The second-order valence-corrected chi connectivity index (χ2v) is 4.15. The van der Waals surface area contributed by atoms with E-state index in [4.69, 9.17) is 4.74 Å². The van der Waals surface area contributed by atoms with Crippen LogP contribution in [-0.2, 0) is 0 Å². The van der Waals surface area contributed by atoms with Gasteiger partial charge in [0, 0.05) is 11.8 Å². The van der Waals surface area contributed by atoms with E-state index in [2.05, 4.69) is 4.98 Å². The molecule has 0 aliphatic rings. The molecule has 3 nitrogen and oxygen atoms in total. The SMILES string of the molecule is CCOc1cncc(C(=O)c2cc(C)ccc2F)c1. The Bertz CT molecular complexity index is 611. The van der Waals surface area contributed by atoms with Crippen LogP contribution in [0.2, 0.25) is 0 Å². The van der Waals surface area contributed by atoms with Crippen molar-refractivity contribution >= 4 is 5.78 Å². The number of ketones is 1. The normalized spacial score (nSPS) is 10.3. The number of aromatic nitrogens is 1. The monoisotopic (exact) mass is 259 g/mol. The molecular weight excluding hydrogens is 245 g/mol. The van der Waals surface area contributed by atoms with Crippen molar-refractivity contribution in [3.63, 3.8) is 0 Å². The molecule has 0 fully saturated rings. The first kappa shape index (κ1) is 13.2. The van der Waals surface area contributed by atoms with Crippen LogP contribution in [0.3, 0.4) is 0 Å². The first-order chi connectivity index (χ1) is 9.11. The van der Waals surface area contributed by atoms with Crippen molar-refractivity contribution in [2.45, 2.75) is 13.8 Å². The Morgan fingerprint density at radius 3 is 2.84 bits per heavy atom. The van der Waals surface area contributed by atoms with Crippen molar-refractivity contribution in [1.29, 1.82) is 0 Å². The van der Waals surface area contributed by atoms with Gasteiger partial charge in [-0.2, -0.15) is 0 Å². The molecule has 19 heavy (non-hydrogen) atoms. The Morgan fingerprint density at radius 1 is 1.32 bits per heavy atom. The lowest BCUT2D eigenvalue weighted by Crippen LogP contribution is -2.06. The van der Waals surface area contributed by atoms with Gasteiger partial charge in [-0.1, -0.05) is 11.6 Å². The molecule has 0 saturated heterocycles. The number of benzene rings is 1. The molecule has 2 aromatic rings. The van der Waals surface area contributed by atoms with Crippen LogP contribution < -0.4 is 4.74 Å². The van der Waals surface area contributed by atoms with Gasteiger partial charge in [-0.05, 0) is 32.0 Å². The quantitative estimate of drug-likeness (QED) is 0.792. The zero-order valence-electron chi connectivity index (χ0n) is 10.8. The average Bonchev–Trinajstić information content (AvgIpc) is 2.41. The average molecular weight is 259 g/mol. The van der Waals surface area contributed by atoms with Gasteiger partial charge in [0.15, 0.2) is 5.78 Å². The number of nitrogens with zero attached hydrogens (tertiary/aromatic N) is 1. The minimum Gasteiger partial charge on any atom is -0.492 e. The summed E-state index contributed by atoms with van der Waals surface area (Å²) in [5.74, 6) is -0.422. The van der Waals surface area contributed by atoms with Gasteiger partial charge in [-0.15, -0.1) is 0 Å². The van der Waals surface area contributed by atoms with E-state index in [-0.39, 0.29) is 5.56 Å². The Labute approximate surface area is 111 Å². The number of halogens is 1. The number of pyridine rings is 1. The maximum Gasteiger partial charge on any atom is 0.197 e. The Morgan fingerprint density at radius 2 is 2.11 bits per heavy atom. The summed E-state index contributed by atoms with van der Waals surface area (Å²) < 4.78 is 19.0. The highest BCUT2D eigenvalue weighted by Gasteiger charge is 2.15. The van der Waals surface area contributed by atoms with Crippen LogP contribution >= 0.6 is 0 Å². The Kier molecular flexibility index (Phi) is 3.90. The second-order valence-electron chi connectivity index (χ2n) is 4.15. The molecule has 0 unspecified atom stereocenters. The van der Waals surface area contributed by atoms with Crippen molar-refractivity contribution in [2.24, 2.45) is 0 Å². The number of rotatable bonds is 4. The first-order valence-corrected chi connectivity index (χ1v) is 6.00. The van der Waals surface area contributed by atoms with Gasteiger partial charge >= 0.3 is 0 Å². The van der Waals surface area contributed by atoms with Gasteiger partial charge in [-0.3, -0.25) is 9.78 Å². The van der Waals surface area contributed by atoms with E-state index in [1.165, 1.54) is 24.5 Å². The molecule has 0 radical (unpaired) electrons. The van der Waals surface area contributed by atoms with Crippen molar-refractivity contribution in [2.75, 3.05) is 6.61 Å². The standard InChI is InChI=1S/C15H14FNO2/c1-3-19-12-7-11(8-17-9-12)15(18)13-6-10(2)4-5-14(13)16/h4-9H,3H2,1-2H3. The molecule has 0 spiro atoms. The molecule has 0 N–H and O–H groups in total. The van der Waals surface area contributed by atoms with Crippen molar-refractivity contribution in [1.82, 2.24) is 4.98 Å². The van der Waals surface area contributed by atoms with Crippen LogP contribution in [0.4, 0.5) is 4.39 Å². The van der Waals surface area contributed by atoms with E-state index >= 15 is 0 Å². The third-order valence-corrected chi connectivity index (χ3v) is 2.65. The lowest BCUT2D eigenvalue weighted by Gasteiger charge is -2.06. The number of carbonyl (C=O) groups excluding carboxylic acids is 1. The highest BCUT2D eigenvalue weighted by atomic mass is 19.1. The smallest absolute Gasteiger partial charge is 0.197 e. The lowest BCUT2D eigenvalue weighted by molar-refractivity contribution is 0.103. The zero-order chi connectivity index (χ0) is 13.8. The predicted molar refractivity (Wildman–Crippen MR) is 70.0 cm³/mol. The van der Waals surface area contributed by atoms with E-state index < -0.39 is 11.6 Å². The molecule has 0 bridgehead atoms. The van der Waals surface area contributed by atoms with Gasteiger partial charge in [0.2, 0.25) is 0 Å². The topological polar surface area (TPSA) is 39.2 Å². The van der Waals surface area contributed by atoms with Gasteiger partial charge in [0.25, 0.3) is 0 Å². The maximum absolute atomic E-state index is 13.7. The number of hydrogen-bond donors (Lipinski definition) is 0. The molecule has 1 heterocycles. The fraction of sp³-hybridized carbons (Fsp3) is 0.200. The van der Waals surface area contributed by atoms with Crippen LogP contribution in [0.25, 0.3) is 0 Å². The number of aryl methyl sites for hydroxylation is 1. The summed E-state index contributed by atoms with van der Waals surface area (Å²) in [6.07, 6.45) is 2.93. The molecule has 2 rings (SSSR count). The fourth-order valence-electron chi connectivity index (χ4n) is 1.76. The van der Waals surface area contributed by atoms with Gasteiger partial charge < -0.3 is 4.74 Å². The van der Waals surface area contributed by atoms with Crippen LogP contribution in [0.15, 0.2) is 36.7 Å². The molecule has 0 aliphatic heterocycles. The second kappa shape index (κ2) is 5.61. The first-order valence-electron chi connectivity index (χ1n) is 6.00. The van der Waals surface area contributed by atoms with Crippen molar-refractivity contribution in [3.8, 4) is 5.75 Å². The summed E-state index contributed by atoms with van der Waals surface area (Å²) in [5, 5.41) is 0. The third-order valence-electron chi connectivity index (χ3n) is 2.65. The number of ether oxygens (including phenoxy) is 1. The number of carbonyl (C=O) groups is 1. The third kappa shape index (κ3) is 2.96. The van der Waals surface area contributed by atoms with Crippen molar-refractivity contribution in [3.05, 3.63) is 59.2 Å². The minimum atomic E-state index is -0.530. The van der Waals surface area contributed by atoms with Gasteiger partial charge in [0.05, 0.1) is 18.4 Å². The molecule has 4 heteroatoms. The Balaban J connectivity index is 2.38.